The molecule has 0 saturated heterocycles. The van der Waals surface area contributed by atoms with Crippen LogP contribution in [-0.2, 0) is 0 Å². The molecule has 0 bridgehead atoms. The van der Waals surface area contributed by atoms with E-state index in [4.69, 9.17) is 0 Å². The molecular weight excluding hydrogens is 280 g/mol. The number of nitrogens with one attached hydrogen (secondary N) is 1. The Bertz CT molecular complexity index is 316. The SMILES string of the molecule is C=C[Si](C)(C)NCCN([Si](C)(C)C=C)[Si](C)(C)C=C. The third-order valence-corrected chi connectivity index (χ3v) is 14.7. The largest absolute Gasteiger partial charge is 0.338 e. The lowest BCUT2D eigenvalue weighted by molar-refractivity contribution is 0.610. The van der Waals surface area contributed by atoms with Gasteiger partial charge in [0, 0.05) is 6.54 Å². The predicted octanol–water partition coefficient (Wildman–Crippen LogP) is 3.67. The summed E-state index contributed by atoms with van der Waals surface area (Å²) in [5.74, 6) is 0. The summed E-state index contributed by atoms with van der Waals surface area (Å²) in [5, 5.41) is 0. The average molecular weight is 313 g/mol. The zero-order valence-electron chi connectivity index (χ0n) is 13.7. The highest BCUT2D eigenvalue weighted by molar-refractivity contribution is 6.95. The second-order valence-electron chi connectivity index (χ2n) is 6.72. The number of rotatable bonds is 9. The molecule has 0 aliphatic heterocycles. The van der Waals surface area contributed by atoms with Crippen molar-refractivity contribution in [2.75, 3.05) is 13.1 Å². The van der Waals surface area contributed by atoms with E-state index in [0.29, 0.717) is 0 Å². The first-order valence-corrected chi connectivity index (χ1v) is 16.1. The predicted molar refractivity (Wildman–Crippen MR) is 97.7 cm³/mol. The van der Waals surface area contributed by atoms with Gasteiger partial charge in [-0.15, -0.1) is 19.7 Å². The van der Waals surface area contributed by atoms with Gasteiger partial charge in [0.15, 0.2) is 0 Å². The molecule has 0 aromatic carbocycles. The van der Waals surface area contributed by atoms with Crippen molar-refractivity contribution in [2.45, 2.75) is 39.3 Å². The minimum atomic E-state index is -1.53. The van der Waals surface area contributed by atoms with Gasteiger partial charge in [-0.1, -0.05) is 56.4 Å². The van der Waals surface area contributed by atoms with Crippen molar-refractivity contribution in [3.05, 3.63) is 36.8 Å². The normalized spacial score (nSPS) is 13.4. The Morgan fingerprint density at radius 3 is 1.58 bits per heavy atom. The molecule has 0 aromatic rings. The highest BCUT2D eigenvalue weighted by atomic mass is 28.4. The van der Waals surface area contributed by atoms with Crippen molar-refractivity contribution in [2.24, 2.45) is 0 Å². The molecule has 0 atom stereocenters. The van der Waals surface area contributed by atoms with E-state index in [9.17, 15) is 0 Å². The van der Waals surface area contributed by atoms with Crippen molar-refractivity contribution in [1.29, 1.82) is 0 Å². The standard InChI is InChI=1S/C14H32N2Si3/c1-10-17(4,5)15-13-14-16(18(6,7)11-2)19(8,9)12-3/h10-12,15H,1-3,13-14H2,4-9H3. The smallest absolute Gasteiger partial charge is 0.143 e. The fourth-order valence-corrected chi connectivity index (χ4v) is 11.3. The molecule has 0 rings (SSSR count). The monoisotopic (exact) mass is 312 g/mol. The highest BCUT2D eigenvalue weighted by Gasteiger charge is 2.36. The molecule has 0 radical (unpaired) electrons. The minimum Gasteiger partial charge on any atom is -0.338 e. The van der Waals surface area contributed by atoms with Gasteiger partial charge in [0.2, 0.25) is 0 Å². The van der Waals surface area contributed by atoms with Gasteiger partial charge in [0.25, 0.3) is 0 Å². The zero-order valence-corrected chi connectivity index (χ0v) is 16.7. The molecule has 2 nitrogen and oxygen atoms in total. The van der Waals surface area contributed by atoms with Gasteiger partial charge in [-0.25, -0.2) is 0 Å². The zero-order chi connectivity index (χ0) is 15.3. The van der Waals surface area contributed by atoms with Crippen LogP contribution in [0, 0.1) is 0 Å². The highest BCUT2D eigenvalue weighted by Crippen LogP contribution is 2.20. The molecule has 0 aliphatic carbocycles. The lowest BCUT2D eigenvalue weighted by Gasteiger charge is -2.44. The Morgan fingerprint density at radius 1 is 0.842 bits per heavy atom. The summed E-state index contributed by atoms with van der Waals surface area (Å²) >= 11 is 0. The van der Waals surface area contributed by atoms with Crippen LogP contribution in [0.5, 0.6) is 0 Å². The molecule has 0 fully saturated rings. The van der Waals surface area contributed by atoms with Crippen molar-refractivity contribution >= 4 is 24.7 Å². The molecule has 1 N–H and O–H groups in total. The average Bonchev–Trinajstić information content (AvgIpc) is 2.34. The summed E-state index contributed by atoms with van der Waals surface area (Å²) in [6, 6.07) is 0. The van der Waals surface area contributed by atoms with Gasteiger partial charge in [0.1, 0.15) is 24.7 Å². The van der Waals surface area contributed by atoms with E-state index >= 15 is 0 Å². The van der Waals surface area contributed by atoms with Crippen molar-refractivity contribution in [3.8, 4) is 0 Å². The summed E-state index contributed by atoms with van der Waals surface area (Å²) in [4.78, 5) is 3.69. The van der Waals surface area contributed by atoms with Crippen LogP contribution < -0.4 is 4.98 Å². The van der Waals surface area contributed by atoms with Crippen LogP contribution in [0.3, 0.4) is 0 Å². The molecule has 0 saturated carbocycles. The maximum Gasteiger partial charge on any atom is 0.143 e. The number of nitrogens with zero attached hydrogens (tertiary/aromatic N) is 1. The van der Waals surface area contributed by atoms with E-state index in [0.717, 1.165) is 13.1 Å². The van der Waals surface area contributed by atoms with Gasteiger partial charge in [-0.3, -0.25) is 0 Å². The molecule has 0 aliphatic rings. The second kappa shape index (κ2) is 6.99. The van der Waals surface area contributed by atoms with Crippen LogP contribution >= 0.6 is 0 Å². The third kappa shape index (κ3) is 5.74. The molecule has 0 unspecified atom stereocenters. The molecule has 0 heterocycles. The molecule has 110 valence electrons. The van der Waals surface area contributed by atoms with Crippen LogP contribution in [0.1, 0.15) is 0 Å². The van der Waals surface area contributed by atoms with E-state index in [-0.39, 0.29) is 0 Å². The van der Waals surface area contributed by atoms with Gasteiger partial charge in [-0.2, -0.15) is 0 Å². The van der Waals surface area contributed by atoms with Gasteiger partial charge < -0.3 is 9.21 Å². The van der Waals surface area contributed by atoms with Crippen LogP contribution in [0.25, 0.3) is 0 Å². The number of hydrogen-bond donors (Lipinski definition) is 1. The number of hydrogen-bond acceptors (Lipinski definition) is 2. The van der Waals surface area contributed by atoms with Crippen LogP contribution in [0.2, 0.25) is 39.3 Å². The fraction of sp³-hybridized carbons (Fsp3) is 0.571. The van der Waals surface area contributed by atoms with Crippen LogP contribution in [0.4, 0.5) is 0 Å². The lowest BCUT2D eigenvalue weighted by atomic mass is 10.7. The maximum absolute atomic E-state index is 4.05. The summed E-state index contributed by atoms with van der Waals surface area (Å²) in [5.41, 5.74) is 6.46. The first-order valence-electron chi connectivity index (χ1n) is 6.96. The van der Waals surface area contributed by atoms with Gasteiger partial charge >= 0.3 is 0 Å². The van der Waals surface area contributed by atoms with E-state index in [2.05, 4.69) is 85.3 Å². The van der Waals surface area contributed by atoms with Crippen molar-refractivity contribution < 1.29 is 0 Å². The second-order valence-corrected chi connectivity index (χ2v) is 19.9. The molecule has 0 amide bonds. The molecule has 5 heteroatoms. The maximum atomic E-state index is 4.05. The molecule has 19 heavy (non-hydrogen) atoms. The van der Waals surface area contributed by atoms with E-state index in [1.165, 1.54) is 0 Å². The molecule has 0 aromatic heterocycles. The Hall–Kier alpha value is -0.209. The van der Waals surface area contributed by atoms with Crippen molar-refractivity contribution in [1.82, 2.24) is 9.21 Å². The topological polar surface area (TPSA) is 15.3 Å². The Morgan fingerprint density at radius 2 is 1.26 bits per heavy atom. The lowest BCUT2D eigenvalue weighted by Crippen LogP contribution is -2.62. The first kappa shape index (κ1) is 18.8. The minimum absolute atomic E-state index is 1.03. The van der Waals surface area contributed by atoms with Gasteiger partial charge in [-0.05, 0) is 6.54 Å². The Balaban J connectivity index is 4.86. The summed E-state index contributed by atoms with van der Waals surface area (Å²) in [7, 11) is -4.48. The third-order valence-electron chi connectivity index (χ3n) is 3.82. The van der Waals surface area contributed by atoms with Gasteiger partial charge in [0.05, 0.1) is 0 Å². The van der Waals surface area contributed by atoms with Crippen molar-refractivity contribution in [3.63, 3.8) is 0 Å². The fourth-order valence-electron chi connectivity index (χ4n) is 2.10. The summed E-state index contributed by atoms with van der Waals surface area (Å²) in [6.45, 7) is 28.2. The van der Waals surface area contributed by atoms with Crippen LogP contribution in [-0.4, -0.2) is 42.0 Å². The summed E-state index contributed by atoms with van der Waals surface area (Å²) < 4.78 is 2.71. The van der Waals surface area contributed by atoms with Crippen LogP contribution in [0.15, 0.2) is 36.8 Å². The summed E-state index contributed by atoms with van der Waals surface area (Å²) in [6.07, 6.45) is 0. The molecular formula is C14H32N2Si3. The first-order chi connectivity index (χ1) is 8.52. The Kier molecular flexibility index (Phi) is 6.91. The van der Waals surface area contributed by atoms with E-state index in [1.54, 1.807) is 0 Å². The Labute approximate surface area is 123 Å². The quantitative estimate of drug-likeness (QED) is 0.654. The van der Waals surface area contributed by atoms with E-state index < -0.39 is 24.7 Å². The molecule has 0 spiro atoms. The van der Waals surface area contributed by atoms with E-state index in [1.807, 2.05) is 0 Å².